The van der Waals surface area contributed by atoms with Crippen LogP contribution in [0.25, 0.3) is 0 Å². The van der Waals surface area contributed by atoms with Gasteiger partial charge in [-0.1, -0.05) is 18.2 Å². The molecule has 154 valence electrons. The lowest BCUT2D eigenvalue weighted by molar-refractivity contribution is -0.274. The molecule has 2 N–H and O–H groups in total. The van der Waals surface area contributed by atoms with Crippen molar-refractivity contribution in [3.05, 3.63) is 54.6 Å². The minimum atomic E-state index is -4.76. The molecule has 6 nitrogen and oxygen atoms in total. The number of carbonyl (C=O) groups excluding carboxylic acids is 2. The highest BCUT2D eigenvalue weighted by atomic mass is 19.4. The number of piperidine rings is 1. The van der Waals surface area contributed by atoms with Gasteiger partial charge in [-0.25, -0.2) is 4.79 Å². The van der Waals surface area contributed by atoms with Crippen molar-refractivity contribution in [2.75, 3.05) is 23.7 Å². The third kappa shape index (κ3) is 6.13. The van der Waals surface area contributed by atoms with E-state index in [4.69, 9.17) is 0 Å². The van der Waals surface area contributed by atoms with Crippen LogP contribution in [0.4, 0.5) is 29.3 Å². The Hall–Kier alpha value is -3.23. The predicted molar refractivity (Wildman–Crippen MR) is 102 cm³/mol. The van der Waals surface area contributed by atoms with Gasteiger partial charge in [-0.05, 0) is 49.2 Å². The number of urea groups is 1. The molecular weight excluding hydrogens is 387 g/mol. The first kappa shape index (κ1) is 20.5. The number of halogens is 3. The van der Waals surface area contributed by atoms with E-state index in [1.54, 1.807) is 17.0 Å². The average Bonchev–Trinajstić information content (AvgIpc) is 2.69. The number of ether oxygens (including phenoxy) is 1. The van der Waals surface area contributed by atoms with E-state index in [0.29, 0.717) is 37.3 Å². The monoisotopic (exact) mass is 407 g/mol. The van der Waals surface area contributed by atoms with E-state index in [1.165, 1.54) is 12.1 Å². The second-order valence-electron chi connectivity index (χ2n) is 6.62. The molecular formula is C20H20F3N3O3. The highest BCUT2D eigenvalue weighted by Crippen LogP contribution is 2.25. The molecule has 2 aromatic carbocycles. The van der Waals surface area contributed by atoms with Crippen LogP contribution in [0.5, 0.6) is 5.75 Å². The van der Waals surface area contributed by atoms with Crippen molar-refractivity contribution in [1.82, 2.24) is 4.90 Å². The number of anilines is 2. The van der Waals surface area contributed by atoms with Crippen molar-refractivity contribution in [2.24, 2.45) is 5.92 Å². The lowest BCUT2D eigenvalue weighted by Crippen LogP contribution is -2.43. The summed E-state index contributed by atoms with van der Waals surface area (Å²) >= 11 is 0. The van der Waals surface area contributed by atoms with Gasteiger partial charge in [0, 0.05) is 30.4 Å². The number of para-hydroxylation sites is 1. The second kappa shape index (κ2) is 8.85. The summed E-state index contributed by atoms with van der Waals surface area (Å²) in [4.78, 5) is 26.3. The standard InChI is InChI=1S/C20H20F3N3O3/c21-20(22,23)29-17-8-6-16(7-9-17)24-18(27)14-10-12-26(13-11-14)19(28)25-15-4-2-1-3-5-15/h1-9,14H,10-13H2,(H,24,27)(H,25,28). The van der Waals surface area contributed by atoms with E-state index in [0.717, 1.165) is 12.1 Å². The van der Waals surface area contributed by atoms with Gasteiger partial charge in [-0.3, -0.25) is 4.79 Å². The fourth-order valence-electron chi connectivity index (χ4n) is 3.05. The lowest BCUT2D eigenvalue weighted by atomic mass is 9.96. The van der Waals surface area contributed by atoms with E-state index in [-0.39, 0.29) is 23.6 Å². The zero-order valence-corrected chi connectivity index (χ0v) is 15.4. The van der Waals surface area contributed by atoms with Gasteiger partial charge >= 0.3 is 12.4 Å². The molecule has 1 heterocycles. The Kier molecular flexibility index (Phi) is 6.26. The quantitative estimate of drug-likeness (QED) is 0.786. The highest BCUT2D eigenvalue weighted by Gasteiger charge is 2.31. The average molecular weight is 407 g/mol. The van der Waals surface area contributed by atoms with Crippen LogP contribution in [-0.4, -0.2) is 36.3 Å². The first-order chi connectivity index (χ1) is 13.8. The largest absolute Gasteiger partial charge is 0.573 e. The predicted octanol–water partition coefficient (Wildman–Crippen LogP) is 4.47. The van der Waals surface area contributed by atoms with Crippen molar-refractivity contribution in [3.63, 3.8) is 0 Å². The summed E-state index contributed by atoms with van der Waals surface area (Å²) in [6.07, 6.45) is -3.75. The Balaban J connectivity index is 1.47. The van der Waals surface area contributed by atoms with Crippen molar-refractivity contribution in [1.29, 1.82) is 0 Å². The smallest absolute Gasteiger partial charge is 0.406 e. The summed E-state index contributed by atoms with van der Waals surface area (Å²) in [6.45, 7) is 0.879. The number of amides is 3. The first-order valence-electron chi connectivity index (χ1n) is 9.08. The third-order valence-electron chi connectivity index (χ3n) is 4.53. The maximum Gasteiger partial charge on any atom is 0.573 e. The molecule has 0 spiro atoms. The molecule has 0 unspecified atom stereocenters. The van der Waals surface area contributed by atoms with Gasteiger partial charge in [0.15, 0.2) is 0 Å². The van der Waals surface area contributed by atoms with E-state index in [1.807, 2.05) is 18.2 Å². The zero-order valence-electron chi connectivity index (χ0n) is 15.4. The molecule has 1 saturated heterocycles. The minimum Gasteiger partial charge on any atom is -0.406 e. The number of carbonyl (C=O) groups is 2. The summed E-state index contributed by atoms with van der Waals surface area (Å²) in [5.41, 5.74) is 1.09. The van der Waals surface area contributed by atoms with E-state index < -0.39 is 6.36 Å². The number of nitrogens with zero attached hydrogens (tertiary/aromatic N) is 1. The maximum absolute atomic E-state index is 12.4. The fourth-order valence-corrected chi connectivity index (χ4v) is 3.05. The number of benzene rings is 2. The number of alkyl halides is 3. The van der Waals surface area contributed by atoms with Gasteiger partial charge in [-0.2, -0.15) is 0 Å². The van der Waals surface area contributed by atoms with Gasteiger partial charge in [0.25, 0.3) is 0 Å². The molecule has 2 aromatic rings. The van der Waals surface area contributed by atoms with Crippen LogP contribution in [-0.2, 0) is 4.79 Å². The normalized spacial score (nSPS) is 14.9. The fraction of sp³-hybridized carbons (Fsp3) is 0.300. The molecule has 0 bridgehead atoms. The third-order valence-corrected chi connectivity index (χ3v) is 4.53. The van der Waals surface area contributed by atoms with E-state index in [2.05, 4.69) is 15.4 Å². The van der Waals surface area contributed by atoms with Gasteiger partial charge in [0.2, 0.25) is 5.91 Å². The highest BCUT2D eigenvalue weighted by molar-refractivity contribution is 5.93. The van der Waals surface area contributed by atoms with Gasteiger partial charge in [0.05, 0.1) is 0 Å². The van der Waals surface area contributed by atoms with Crippen molar-refractivity contribution in [2.45, 2.75) is 19.2 Å². The van der Waals surface area contributed by atoms with E-state index >= 15 is 0 Å². The van der Waals surface area contributed by atoms with Crippen LogP contribution in [0.3, 0.4) is 0 Å². The van der Waals surface area contributed by atoms with Crippen LogP contribution in [0, 0.1) is 5.92 Å². The summed E-state index contributed by atoms with van der Waals surface area (Å²) in [7, 11) is 0. The molecule has 1 fully saturated rings. The van der Waals surface area contributed by atoms with E-state index in [9.17, 15) is 22.8 Å². The van der Waals surface area contributed by atoms with Crippen LogP contribution < -0.4 is 15.4 Å². The molecule has 3 amide bonds. The summed E-state index contributed by atoms with van der Waals surface area (Å²) in [6, 6.07) is 13.9. The number of likely N-dealkylation sites (tertiary alicyclic amines) is 1. The molecule has 0 aromatic heterocycles. The first-order valence-corrected chi connectivity index (χ1v) is 9.08. The lowest BCUT2D eigenvalue weighted by Gasteiger charge is -2.31. The van der Waals surface area contributed by atoms with Crippen molar-refractivity contribution < 1.29 is 27.5 Å². The Labute approximate surface area is 165 Å². The zero-order chi connectivity index (χ0) is 20.9. The van der Waals surface area contributed by atoms with Crippen LogP contribution in [0.2, 0.25) is 0 Å². The molecule has 0 saturated carbocycles. The molecule has 0 radical (unpaired) electrons. The SMILES string of the molecule is O=C(Nc1ccc(OC(F)(F)F)cc1)C1CCN(C(=O)Nc2ccccc2)CC1. The Bertz CT molecular complexity index is 834. The molecule has 1 aliphatic rings. The Morgan fingerprint density at radius 1 is 0.897 bits per heavy atom. The summed E-state index contributed by atoms with van der Waals surface area (Å²) in [5.74, 6) is -0.854. The van der Waals surface area contributed by atoms with Crippen LogP contribution in [0.1, 0.15) is 12.8 Å². The van der Waals surface area contributed by atoms with Crippen LogP contribution in [0.15, 0.2) is 54.6 Å². The van der Waals surface area contributed by atoms with Crippen molar-refractivity contribution in [3.8, 4) is 5.75 Å². The molecule has 0 atom stereocenters. The van der Waals surface area contributed by atoms with Crippen molar-refractivity contribution >= 4 is 23.3 Å². The minimum absolute atomic E-state index is 0.213. The maximum atomic E-state index is 12.4. The molecule has 9 heteroatoms. The molecule has 3 rings (SSSR count). The van der Waals surface area contributed by atoms with Crippen LogP contribution >= 0.6 is 0 Å². The summed E-state index contributed by atoms with van der Waals surface area (Å²) < 4.78 is 40.3. The Morgan fingerprint density at radius 3 is 2.07 bits per heavy atom. The van der Waals surface area contributed by atoms with Gasteiger partial charge in [-0.15, -0.1) is 13.2 Å². The number of rotatable bonds is 4. The summed E-state index contributed by atoms with van der Waals surface area (Å²) in [5, 5.41) is 5.50. The second-order valence-corrected chi connectivity index (χ2v) is 6.62. The number of hydrogen-bond acceptors (Lipinski definition) is 3. The molecule has 0 aliphatic carbocycles. The van der Waals surface area contributed by atoms with Gasteiger partial charge < -0.3 is 20.3 Å². The topological polar surface area (TPSA) is 70.7 Å². The molecule has 1 aliphatic heterocycles. The molecule has 29 heavy (non-hydrogen) atoms. The Morgan fingerprint density at radius 2 is 1.48 bits per heavy atom. The van der Waals surface area contributed by atoms with Gasteiger partial charge in [0.1, 0.15) is 5.75 Å². The number of hydrogen-bond donors (Lipinski definition) is 2. The number of nitrogens with one attached hydrogen (secondary N) is 2.